The van der Waals surface area contributed by atoms with E-state index in [0.717, 1.165) is 10.6 Å². The number of amides is 1. The third-order valence-corrected chi connectivity index (χ3v) is 4.92. The molecule has 0 bridgehead atoms. The maximum absolute atomic E-state index is 12.1. The molecule has 0 fully saturated rings. The number of anilines is 1. The Morgan fingerprint density at radius 2 is 1.81 bits per heavy atom. The molecule has 0 unspecified atom stereocenters. The second kappa shape index (κ2) is 9.12. The van der Waals surface area contributed by atoms with Crippen molar-refractivity contribution in [2.45, 2.75) is 0 Å². The lowest BCUT2D eigenvalue weighted by Crippen LogP contribution is -2.41. The Balaban J connectivity index is 1.88. The summed E-state index contributed by atoms with van der Waals surface area (Å²) in [6, 6.07) is 13.1. The molecule has 0 aliphatic heterocycles. The summed E-state index contributed by atoms with van der Waals surface area (Å²) < 4.78 is 30.4. The number of nitrogens with one attached hydrogen (secondary N) is 1. The van der Waals surface area contributed by atoms with Gasteiger partial charge in [0.15, 0.2) is 0 Å². The largest absolute Gasteiger partial charge is 0.492 e. The van der Waals surface area contributed by atoms with Crippen molar-refractivity contribution in [2.24, 2.45) is 0 Å². The predicted octanol–water partition coefficient (Wildman–Crippen LogP) is 2.95. The number of rotatable bonds is 8. The van der Waals surface area contributed by atoms with Crippen molar-refractivity contribution >= 4 is 44.8 Å². The lowest BCUT2D eigenvalue weighted by molar-refractivity contribution is -0.119. The van der Waals surface area contributed by atoms with Crippen LogP contribution in [0.2, 0.25) is 10.0 Å². The minimum absolute atomic E-state index is 0.231. The predicted molar refractivity (Wildman–Crippen MR) is 104 cm³/mol. The molecule has 0 aliphatic carbocycles. The Hall–Kier alpha value is -1.96. The van der Waals surface area contributed by atoms with Crippen LogP contribution in [-0.2, 0) is 14.8 Å². The molecule has 2 rings (SSSR count). The van der Waals surface area contributed by atoms with Crippen LogP contribution in [0.1, 0.15) is 0 Å². The quantitative estimate of drug-likeness (QED) is 0.671. The van der Waals surface area contributed by atoms with E-state index in [1.807, 2.05) is 0 Å². The monoisotopic (exact) mass is 416 g/mol. The van der Waals surface area contributed by atoms with E-state index in [0.29, 0.717) is 21.5 Å². The molecule has 0 atom stereocenters. The van der Waals surface area contributed by atoms with E-state index in [9.17, 15) is 13.2 Å². The molecular weight excluding hydrogens is 399 g/mol. The number of sulfonamides is 1. The molecule has 2 aromatic carbocycles. The fourth-order valence-electron chi connectivity index (χ4n) is 2.11. The van der Waals surface area contributed by atoms with Gasteiger partial charge in [-0.15, -0.1) is 0 Å². The normalized spacial score (nSPS) is 11.0. The molecular formula is C17H18Cl2N2O4S. The van der Waals surface area contributed by atoms with E-state index in [1.54, 1.807) is 42.5 Å². The van der Waals surface area contributed by atoms with E-state index in [1.165, 1.54) is 6.07 Å². The third kappa shape index (κ3) is 6.40. The van der Waals surface area contributed by atoms with Crippen molar-refractivity contribution in [1.82, 2.24) is 5.32 Å². The first kappa shape index (κ1) is 20.4. The number of carbonyl (C=O) groups excluding carboxylic acids is 1. The van der Waals surface area contributed by atoms with Crippen molar-refractivity contribution in [1.29, 1.82) is 0 Å². The fourth-order valence-corrected chi connectivity index (χ4v) is 3.27. The van der Waals surface area contributed by atoms with Gasteiger partial charge >= 0.3 is 0 Å². The van der Waals surface area contributed by atoms with Gasteiger partial charge in [0.25, 0.3) is 0 Å². The van der Waals surface area contributed by atoms with E-state index >= 15 is 0 Å². The Morgan fingerprint density at radius 3 is 2.42 bits per heavy atom. The number of hydrogen-bond acceptors (Lipinski definition) is 4. The second-order valence-corrected chi connectivity index (χ2v) is 8.18. The van der Waals surface area contributed by atoms with Crippen LogP contribution in [0.4, 0.5) is 5.69 Å². The van der Waals surface area contributed by atoms with Crippen molar-refractivity contribution in [2.75, 3.05) is 30.3 Å². The minimum atomic E-state index is -3.64. The topological polar surface area (TPSA) is 75.7 Å². The molecule has 26 heavy (non-hydrogen) atoms. The van der Waals surface area contributed by atoms with Crippen molar-refractivity contribution < 1.29 is 17.9 Å². The summed E-state index contributed by atoms with van der Waals surface area (Å²) in [6.45, 7) is 0.123. The maximum Gasteiger partial charge on any atom is 0.240 e. The molecule has 9 heteroatoms. The lowest BCUT2D eigenvalue weighted by atomic mass is 10.3. The van der Waals surface area contributed by atoms with Crippen molar-refractivity contribution in [3.8, 4) is 5.75 Å². The van der Waals surface area contributed by atoms with Gasteiger partial charge in [0, 0.05) is 10.0 Å². The molecule has 0 saturated heterocycles. The number of hydrogen-bond donors (Lipinski definition) is 1. The van der Waals surface area contributed by atoms with Gasteiger partial charge in [-0.3, -0.25) is 9.10 Å². The highest BCUT2D eigenvalue weighted by atomic mass is 35.5. The molecule has 0 spiro atoms. The molecule has 1 amide bonds. The summed E-state index contributed by atoms with van der Waals surface area (Å²) in [4.78, 5) is 12.1. The lowest BCUT2D eigenvalue weighted by Gasteiger charge is -2.22. The molecule has 0 heterocycles. The first-order chi connectivity index (χ1) is 12.3. The fraction of sp³-hybridized carbons (Fsp3) is 0.235. The van der Waals surface area contributed by atoms with E-state index in [4.69, 9.17) is 27.9 Å². The Labute approximate surface area is 162 Å². The number of benzene rings is 2. The SMILES string of the molecule is CS(=O)(=O)N(CC(=O)NCCOc1ccc(Cl)cc1)c1cccc(Cl)c1. The zero-order valence-electron chi connectivity index (χ0n) is 14.0. The first-order valence-electron chi connectivity index (χ1n) is 7.64. The summed E-state index contributed by atoms with van der Waals surface area (Å²) in [7, 11) is -3.64. The van der Waals surface area contributed by atoms with Crippen LogP contribution >= 0.6 is 23.2 Å². The van der Waals surface area contributed by atoms with Gasteiger partial charge in [-0.05, 0) is 42.5 Å². The van der Waals surface area contributed by atoms with E-state index in [-0.39, 0.29) is 19.7 Å². The summed E-state index contributed by atoms with van der Waals surface area (Å²) in [5.74, 6) is 0.176. The number of carbonyl (C=O) groups is 1. The van der Waals surface area contributed by atoms with Gasteiger partial charge < -0.3 is 10.1 Å². The van der Waals surface area contributed by atoms with Gasteiger partial charge in [0.05, 0.1) is 18.5 Å². The minimum Gasteiger partial charge on any atom is -0.492 e. The van der Waals surface area contributed by atoms with Gasteiger partial charge in [0.1, 0.15) is 18.9 Å². The molecule has 0 saturated carbocycles. The highest BCUT2D eigenvalue weighted by molar-refractivity contribution is 7.92. The van der Waals surface area contributed by atoms with E-state index in [2.05, 4.69) is 5.32 Å². The van der Waals surface area contributed by atoms with Crippen LogP contribution < -0.4 is 14.4 Å². The molecule has 140 valence electrons. The maximum atomic E-state index is 12.1. The number of ether oxygens (including phenoxy) is 1. The van der Waals surface area contributed by atoms with Gasteiger partial charge in [-0.2, -0.15) is 0 Å². The van der Waals surface area contributed by atoms with Gasteiger partial charge in [-0.25, -0.2) is 8.42 Å². The molecule has 1 N–H and O–H groups in total. The number of halogens is 2. The highest BCUT2D eigenvalue weighted by Gasteiger charge is 2.20. The standard InChI is InChI=1S/C17H18Cl2N2O4S/c1-26(23,24)21(15-4-2-3-14(19)11-15)12-17(22)20-9-10-25-16-7-5-13(18)6-8-16/h2-8,11H,9-10,12H2,1H3,(H,20,22). The Bertz CT molecular complexity index is 857. The highest BCUT2D eigenvalue weighted by Crippen LogP contribution is 2.21. The van der Waals surface area contributed by atoms with Crippen molar-refractivity contribution in [3.63, 3.8) is 0 Å². The van der Waals surface area contributed by atoms with Crippen LogP contribution in [0, 0.1) is 0 Å². The summed E-state index contributed by atoms with van der Waals surface area (Å²) in [6.07, 6.45) is 1.03. The molecule has 6 nitrogen and oxygen atoms in total. The van der Waals surface area contributed by atoms with Crippen LogP contribution in [0.15, 0.2) is 48.5 Å². The first-order valence-corrected chi connectivity index (χ1v) is 10.2. The van der Waals surface area contributed by atoms with Gasteiger partial charge in [-0.1, -0.05) is 29.3 Å². The molecule has 0 radical (unpaired) electrons. The summed E-state index contributed by atoms with van der Waals surface area (Å²) >= 11 is 11.7. The summed E-state index contributed by atoms with van der Waals surface area (Å²) in [5.41, 5.74) is 0.326. The third-order valence-electron chi connectivity index (χ3n) is 3.29. The second-order valence-electron chi connectivity index (χ2n) is 5.40. The Morgan fingerprint density at radius 1 is 1.12 bits per heavy atom. The van der Waals surface area contributed by atoms with Crippen LogP contribution in [0.3, 0.4) is 0 Å². The molecule has 0 aromatic heterocycles. The van der Waals surface area contributed by atoms with Crippen LogP contribution in [-0.4, -0.2) is 40.3 Å². The zero-order valence-corrected chi connectivity index (χ0v) is 16.3. The number of nitrogens with zero attached hydrogens (tertiary/aromatic N) is 1. The average Bonchev–Trinajstić information content (AvgIpc) is 2.57. The summed E-state index contributed by atoms with van der Waals surface area (Å²) in [5, 5.41) is 3.61. The zero-order chi connectivity index (χ0) is 19.2. The average molecular weight is 417 g/mol. The van der Waals surface area contributed by atoms with Crippen molar-refractivity contribution in [3.05, 3.63) is 58.6 Å². The van der Waals surface area contributed by atoms with E-state index < -0.39 is 15.9 Å². The van der Waals surface area contributed by atoms with Crippen LogP contribution in [0.5, 0.6) is 5.75 Å². The Kier molecular flexibility index (Phi) is 7.14. The van der Waals surface area contributed by atoms with Gasteiger partial charge in [0.2, 0.25) is 15.9 Å². The van der Waals surface area contributed by atoms with Crippen LogP contribution in [0.25, 0.3) is 0 Å². The molecule has 0 aliphatic rings. The smallest absolute Gasteiger partial charge is 0.240 e. The molecule has 2 aromatic rings.